The minimum atomic E-state index is 0.712. The van der Waals surface area contributed by atoms with Crippen LogP contribution in [0.4, 0.5) is 0 Å². The van der Waals surface area contributed by atoms with Crippen LogP contribution in [0.15, 0.2) is 29.4 Å². The third kappa shape index (κ3) is 1.21. The second-order valence-corrected chi connectivity index (χ2v) is 4.32. The molecular weight excluding hydrogens is 220 g/mol. The van der Waals surface area contributed by atoms with Gasteiger partial charge in [-0.3, -0.25) is 0 Å². The summed E-state index contributed by atoms with van der Waals surface area (Å²) in [6.07, 6.45) is 1.95. The Labute approximate surface area is 96.7 Å². The van der Waals surface area contributed by atoms with Gasteiger partial charge in [0.15, 0.2) is 5.65 Å². The van der Waals surface area contributed by atoms with Gasteiger partial charge in [-0.25, -0.2) is 4.98 Å². The number of thioether (sulfide) groups is 1. The lowest BCUT2D eigenvalue weighted by Gasteiger charge is -1.95. The molecule has 16 heavy (non-hydrogen) atoms. The van der Waals surface area contributed by atoms with Crippen LogP contribution in [0.25, 0.3) is 22.1 Å². The number of hydrogen-bond donors (Lipinski definition) is 0. The first-order valence-electron chi connectivity index (χ1n) is 4.93. The molecule has 0 spiro atoms. The molecule has 0 saturated carbocycles. The molecule has 1 aromatic carbocycles. The van der Waals surface area contributed by atoms with Crippen molar-refractivity contribution in [3.63, 3.8) is 0 Å². The predicted molar refractivity (Wildman–Crippen MR) is 65.6 cm³/mol. The average Bonchev–Trinajstić information content (AvgIpc) is 2.64. The van der Waals surface area contributed by atoms with Gasteiger partial charge in [0.2, 0.25) is 5.16 Å². The van der Waals surface area contributed by atoms with Gasteiger partial charge in [0.1, 0.15) is 5.52 Å². The zero-order valence-electron chi connectivity index (χ0n) is 9.01. The van der Waals surface area contributed by atoms with Crippen LogP contribution in [0.5, 0.6) is 0 Å². The van der Waals surface area contributed by atoms with E-state index in [2.05, 4.69) is 27.3 Å². The summed E-state index contributed by atoms with van der Waals surface area (Å²) in [5.74, 6) is 0. The molecule has 0 bridgehead atoms. The van der Waals surface area contributed by atoms with E-state index in [0.29, 0.717) is 5.16 Å². The lowest BCUT2D eigenvalue weighted by molar-refractivity contribution is 0.851. The molecule has 0 atom stereocenters. The SMILES string of the molecule is CSc1nnc2c(n1)c1ccccc1n2C. The van der Waals surface area contributed by atoms with Gasteiger partial charge in [-0.1, -0.05) is 30.0 Å². The van der Waals surface area contributed by atoms with Crippen LogP contribution in [-0.4, -0.2) is 26.0 Å². The van der Waals surface area contributed by atoms with Crippen molar-refractivity contribution >= 4 is 33.8 Å². The highest BCUT2D eigenvalue weighted by atomic mass is 32.2. The molecule has 0 fully saturated rings. The highest BCUT2D eigenvalue weighted by Crippen LogP contribution is 2.25. The molecule has 0 aliphatic rings. The van der Waals surface area contributed by atoms with E-state index in [4.69, 9.17) is 0 Å². The average molecular weight is 230 g/mol. The van der Waals surface area contributed by atoms with Crippen LogP contribution < -0.4 is 0 Å². The first-order valence-corrected chi connectivity index (χ1v) is 6.15. The molecule has 3 aromatic rings. The molecule has 0 saturated heterocycles. The van der Waals surface area contributed by atoms with E-state index in [-0.39, 0.29) is 0 Å². The number of benzene rings is 1. The Morgan fingerprint density at radius 3 is 2.81 bits per heavy atom. The van der Waals surface area contributed by atoms with Crippen molar-refractivity contribution in [2.45, 2.75) is 5.16 Å². The topological polar surface area (TPSA) is 43.6 Å². The summed E-state index contributed by atoms with van der Waals surface area (Å²) < 4.78 is 2.02. The maximum atomic E-state index is 4.51. The van der Waals surface area contributed by atoms with Gasteiger partial charge in [0.25, 0.3) is 0 Å². The number of hydrogen-bond acceptors (Lipinski definition) is 4. The molecule has 4 nitrogen and oxygen atoms in total. The molecule has 2 heterocycles. The lowest BCUT2D eigenvalue weighted by atomic mass is 10.2. The van der Waals surface area contributed by atoms with Crippen molar-refractivity contribution < 1.29 is 0 Å². The van der Waals surface area contributed by atoms with Crippen molar-refractivity contribution in [3.8, 4) is 0 Å². The molecule has 0 unspecified atom stereocenters. The summed E-state index contributed by atoms with van der Waals surface area (Å²) in [5, 5.41) is 10.1. The van der Waals surface area contributed by atoms with Crippen molar-refractivity contribution in [2.75, 3.05) is 6.26 Å². The normalized spacial score (nSPS) is 11.4. The van der Waals surface area contributed by atoms with Crippen LogP contribution in [0.1, 0.15) is 0 Å². The first kappa shape index (κ1) is 9.59. The predicted octanol–water partition coefficient (Wildman–Crippen LogP) is 2.24. The maximum absolute atomic E-state index is 4.51. The quantitative estimate of drug-likeness (QED) is 0.601. The van der Waals surface area contributed by atoms with Gasteiger partial charge in [-0.15, -0.1) is 10.2 Å². The van der Waals surface area contributed by atoms with Crippen LogP contribution in [0, 0.1) is 0 Å². The molecule has 0 radical (unpaired) electrons. The van der Waals surface area contributed by atoms with Gasteiger partial charge in [-0.2, -0.15) is 0 Å². The molecule has 0 amide bonds. The maximum Gasteiger partial charge on any atom is 0.209 e. The molecule has 3 rings (SSSR count). The Morgan fingerprint density at radius 1 is 1.19 bits per heavy atom. The lowest BCUT2D eigenvalue weighted by Crippen LogP contribution is -1.94. The zero-order chi connectivity index (χ0) is 11.1. The van der Waals surface area contributed by atoms with Gasteiger partial charge >= 0.3 is 0 Å². The third-order valence-electron chi connectivity index (χ3n) is 2.67. The number of para-hydroxylation sites is 1. The Kier molecular flexibility index (Phi) is 2.07. The van der Waals surface area contributed by atoms with E-state index in [1.54, 1.807) is 0 Å². The minimum Gasteiger partial charge on any atom is -0.326 e. The second-order valence-electron chi connectivity index (χ2n) is 3.55. The summed E-state index contributed by atoms with van der Waals surface area (Å²) in [4.78, 5) is 4.51. The Morgan fingerprint density at radius 2 is 2.00 bits per heavy atom. The van der Waals surface area contributed by atoms with E-state index in [1.165, 1.54) is 11.8 Å². The van der Waals surface area contributed by atoms with E-state index < -0.39 is 0 Å². The molecular formula is C11H10N4S. The minimum absolute atomic E-state index is 0.712. The largest absolute Gasteiger partial charge is 0.326 e. The highest BCUT2D eigenvalue weighted by Gasteiger charge is 2.11. The fraction of sp³-hybridized carbons (Fsp3) is 0.182. The number of aryl methyl sites for hydroxylation is 1. The number of fused-ring (bicyclic) bond motifs is 3. The van der Waals surface area contributed by atoms with Crippen LogP contribution in [0.2, 0.25) is 0 Å². The Bertz CT molecular complexity index is 674. The van der Waals surface area contributed by atoms with Crippen molar-refractivity contribution in [1.82, 2.24) is 19.7 Å². The zero-order valence-corrected chi connectivity index (χ0v) is 9.82. The van der Waals surface area contributed by atoms with E-state index in [9.17, 15) is 0 Å². The second kappa shape index (κ2) is 3.45. The van der Waals surface area contributed by atoms with Crippen LogP contribution in [-0.2, 0) is 7.05 Å². The first-order chi connectivity index (χ1) is 7.81. The molecule has 0 N–H and O–H groups in total. The number of rotatable bonds is 1. The summed E-state index contributed by atoms with van der Waals surface area (Å²) in [6.45, 7) is 0. The summed E-state index contributed by atoms with van der Waals surface area (Å²) in [5.41, 5.74) is 2.90. The fourth-order valence-corrected chi connectivity index (χ4v) is 2.18. The summed E-state index contributed by atoms with van der Waals surface area (Å²) in [6, 6.07) is 8.17. The van der Waals surface area contributed by atoms with E-state index in [1.807, 2.05) is 30.0 Å². The number of nitrogens with zero attached hydrogens (tertiary/aromatic N) is 4. The Hall–Kier alpha value is -1.62. The van der Waals surface area contributed by atoms with Gasteiger partial charge in [0.05, 0.1) is 5.52 Å². The van der Waals surface area contributed by atoms with Crippen molar-refractivity contribution in [1.29, 1.82) is 0 Å². The molecule has 80 valence electrons. The molecule has 2 aromatic heterocycles. The van der Waals surface area contributed by atoms with Gasteiger partial charge in [-0.05, 0) is 12.3 Å². The highest BCUT2D eigenvalue weighted by molar-refractivity contribution is 7.98. The van der Waals surface area contributed by atoms with Crippen molar-refractivity contribution in [3.05, 3.63) is 24.3 Å². The molecule has 0 aliphatic carbocycles. The van der Waals surface area contributed by atoms with Crippen molar-refractivity contribution in [2.24, 2.45) is 7.05 Å². The van der Waals surface area contributed by atoms with Gasteiger partial charge < -0.3 is 4.57 Å². The summed E-state index contributed by atoms with van der Waals surface area (Å²) in [7, 11) is 1.99. The Balaban J connectivity index is 2.52. The van der Waals surface area contributed by atoms with E-state index >= 15 is 0 Å². The molecule has 5 heteroatoms. The monoisotopic (exact) mass is 230 g/mol. The third-order valence-corrected chi connectivity index (χ3v) is 3.21. The van der Waals surface area contributed by atoms with Crippen LogP contribution >= 0.6 is 11.8 Å². The summed E-state index contributed by atoms with van der Waals surface area (Å²) >= 11 is 1.51. The number of aromatic nitrogens is 4. The smallest absolute Gasteiger partial charge is 0.209 e. The standard InChI is InChI=1S/C11H10N4S/c1-15-8-6-4-3-5-7(8)9-10(15)13-14-11(12-9)16-2/h3-6H,1-2H3. The molecule has 0 aliphatic heterocycles. The van der Waals surface area contributed by atoms with Crippen LogP contribution in [0.3, 0.4) is 0 Å². The fourth-order valence-electron chi connectivity index (χ4n) is 1.88. The van der Waals surface area contributed by atoms with E-state index in [0.717, 1.165) is 22.1 Å². The van der Waals surface area contributed by atoms with Gasteiger partial charge in [0, 0.05) is 12.4 Å².